The number of rotatable bonds is 9. The monoisotopic (exact) mass is 300 g/mol. The summed E-state index contributed by atoms with van der Waals surface area (Å²) in [7, 11) is 0.0324. The molecule has 1 aromatic rings. The van der Waals surface area contributed by atoms with Gasteiger partial charge in [0.1, 0.15) is 5.75 Å². The van der Waals surface area contributed by atoms with Crippen molar-refractivity contribution in [2.24, 2.45) is 0 Å². The third-order valence-electron chi connectivity index (χ3n) is 3.05. The van der Waals surface area contributed by atoms with Gasteiger partial charge in [0.15, 0.2) is 0 Å². The van der Waals surface area contributed by atoms with Gasteiger partial charge in [-0.3, -0.25) is 0 Å². The SMILES string of the molecule is CCNCCCS(=O)(=O)N(C)Cc1ccc(OC)cc1. The molecule has 1 N–H and O–H groups in total. The quantitative estimate of drug-likeness (QED) is 0.701. The van der Waals surface area contributed by atoms with Gasteiger partial charge in [-0.05, 0) is 37.2 Å². The number of benzene rings is 1. The third kappa shape index (κ3) is 5.48. The second-order valence-corrected chi connectivity index (χ2v) is 6.82. The molecule has 0 spiro atoms. The second kappa shape index (κ2) is 8.24. The number of nitrogens with zero attached hydrogens (tertiary/aromatic N) is 1. The molecule has 1 rings (SSSR count). The Bertz CT molecular complexity index is 486. The van der Waals surface area contributed by atoms with Crippen LogP contribution < -0.4 is 10.1 Å². The highest BCUT2D eigenvalue weighted by Gasteiger charge is 2.17. The summed E-state index contributed by atoms with van der Waals surface area (Å²) in [6.07, 6.45) is 0.628. The summed E-state index contributed by atoms with van der Waals surface area (Å²) in [6, 6.07) is 7.43. The number of nitrogens with one attached hydrogen (secondary N) is 1. The normalized spacial score (nSPS) is 11.8. The molecule has 0 unspecified atom stereocenters. The maximum atomic E-state index is 12.1. The van der Waals surface area contributed by atoms with Crippen LogP contribution in [0.1, 0.15) is 18.9 Å². The van der Waals surface area contributed by atoms with Gasteiger partial charge < -0.3 is 10.1 Å². The zero-order chi connectivity index (χ0) is 15.0. The number of methoxy groups -OCH3 is 1. The Kier molecular flexibility index (Phi) is 6.98. The van der Waals surface area contributed by atoms with Gasteiger partial charge >= 0.3 is 0 Å². The van der Waals surface area contributed by atoms with Crippen LogP contribution in [0.3, 0.4) is 0 Å². The van der Waals surface area contributed by atoms with E-state index in [0.717, 1.165) is 24.4 Å². The van der Waals surface area contributed by atoms with Crippen LogP contribution in [0.5, 0.6) is 5.75 Å². The van der Waals surface area contributed by atoms with Crippen LogP contribution in [-0.4, -0.2) is 45.7 Å². The minimum absolute atomic E-state index is 0.173. The smallest absolute Gasteiger partial charge is 0.214 e. The first kappa shape index (κ1) is 16.9. The highest BCUT2D eigenvalue weighted by molar-refractivity contribution is 7.89. The van der Waals surface area contributed by atoms with Crippen molar-refractivity contribution in [3.05, 3.63) is 29.8 Å². The molecule has 6 heteroatoms. The Morgan fingerprint density at radius 2 is 1.90 bits per heavy atom. The van der Waals surface area contributed by atoms with E-state index >= 15 is 0 Å². The number of hydrogen-bond acceptors (Lipinski definition) is 4. The molecule has 0 aliphatic carbocycles. The van der Waals surface area contributed by atoms with Crippen LogP contribution in [0.4, 0.5) is 0 Å². The van der Waals surface area contributed by atoms with Crippen molar-refractivity contribution in [3.8, 4) is 5.75 Å². The average molecular weight is 300 g/mol. The molecule has 0 amide bonds. The van der Waals surface area contributed by atoms with E-state index in [9.17, 15) is 8.42 Å². The molecule has 0 saturated carbocycles. The standard InChI is InChI=1S/C14H24N2O3S/c1-4-15-10-5-11-20(17,18)16(2)12-13-6-8-14(19-3)9-7-13/h6-9,15H,4-5,10-12H2,1-3H3. The summed E-state index contributed by atoms with van der Waals surface area (Å²) in [5.74, 6) is 0.942. The van der Waals surface area contributed by atoms with Crippen molar-refractivity contribution in [3.63, 3.8) is 0 Å². The van der Waals surface area contributed by atoms with E-state index in [-0.39, 0.29) is 5.75 Å². The Labute approximate surface area is 122 Å². The van der Waals surface area contributed by atoms with Gasteiger partial charge in [-0.15, -0.1) is 0 Å². The van der Waals surface area contributed by atoms with E-state index in [4.69, 9.17) is 4.74 Å². The van der Waals surface area contributed by atoms with E-state index in [0.29, 0.717) is 13.0 Å². The lowest BCUT2D eigenvalue weighted by atomic mass is 10.2. The maximum Gasteiger partial charge on any atom is 0.214 e. The van der Waals surface area contributed by atoms with Gasteiger partial charge in [0.05, 0.1) is 12.9 Å². The predicted molar refractivity (Wildman–Crippen MR) is 81.4 cm³/mol. The fourth-order valence-electron chi connectivity index (χ4n) is 1.80. The van der Waals surface area contributed by atoms with Gasteiger partial charge in [-0.2, -0.15) is 0 Å². The van der Waals surface area contributed by atoms with Gasteiger partial charge in [-0.1, -0.05) is 19.1 Å². The van der Waals surface area contributed by atoms with Crippen LogP contribution in [0.2, 0.25) is 0 Å². The molecule has 0 aliphatic rings. The summed E-state index contributed by atoms with van der Waals surface area (Å²) in [4.78, 5) is 0. The Morgan fingerprint density at radius 3 is 2.45 bits per heavy atom. The number of ether oxygens (including phenoxy) is 1. The lowest BCUT2D eigenvalue weighted by molar-refractivity contribution is 0.414. The van der Waals surface area contributed by atoms with Gasteiger partial charge in [0.25, 0.3) is 0 Å². The zero-order valence-electron chi connectivity index (χ0n) is 12.4. The summed E-state index contributed by atoms with van der Waals surface area (Å²) < 4.78 is 30.7. The molecule has 5 nitrogen and oxygen atoms in total. The van der Waals surface area contributed by atoms with Crippen molar-refractivity contribution in [1.29, 1.82) is 0 Å². The summed E-state index contributed by atoms with van der Waals surface area (Å²) >= 11 is 0. The molecular weight excluding hydrogens is 276 g/mol. The fraction of sp³-hybridized carbons (Fsp3) is 0.571. The molecule has 0 radical (unpaired) electrons. The van der Waals surface area contributed by atoms with Crippen molar-refractivity contribution in [1.82, 2.24) is 9.62 Å². The van der Waals surface area contributed by atoms with Crippen LogP contribution in [0.15, 0.2) is 24.3 Å². The molecular formula is C14H24N2O3S. The molecule has 0 bridgehead atoms. The lowest BCUT2D eigenvalue weighted by Gasteiger charge is -2.17. The van der Waals surface area contributed by atoms with Crippen LogP contribution in [0, 0.1) is 0 Å². The maximum absolute atomic E-state index is 12.1. The number of hydrogen-bond donors (Lipinski definition) is 1. The third-order valence-corrected chi connectivity index (χ3v) is 4.93. The number of sulfonamides is 1. The van der Waals surface area contributed by atoms with Crippen molar-refractivity contribution >= 4 is 10.0 Å². The molecule has 20 heavy (non-hydrogen) atoms. The summed E-state index contributed by atoms with van der Waals surface area (Å²) in [5.41, 5.74) is 0.948. The molecule has 0 aliphatic heterocycles. The highest BCUT2D eigenvalue weighted by atomic mass is 32.2. The van der Waals surface area contributed by atoms with Crippen molar-refractivity contribution < 1.29 is 13.2 Å². The van der Waals surface area contributed by atoms with E-state index in [1.807, 2.05) is 31.2 Å². The van der Waals surface area contributed by atoms with Gasteiger partial charge in [0.2, 0.25) is 10.0 Å². The molecule has 0 aromatic heterocycles. The minimum Gasteiger partial charge on any atom is -0.497 e. The van der Waals surface area contributed by atoms with E-state index in [1.54, 1.807) is 14.2 Å². The molecule has 1 aromatic carbocycles. The van der Waals surface area contributed by atoms with Crippen LogP contribution >= 0.6 is 0 Å². The predicted octanol–water partition coefficient (Wildman–Crippen LogP) is 1.46. The first-order valence-electron chi connectivity index (χ1n) is 6.77. The molecule has 0 heterocycles. The first-order valence-corrected chi connectivity index (χ1v) is 8.38. The Hall–Kier alpha value is -1.11. The van der Waals surface area contributed by atoms with E-state index in [2.05, 4.69) is 5.32 Å². The Morgan fingerprint density at radius 1 is 1.25 bits per heavy atom. The Balaban J connectivity index is 2.52. The summed E-state index contributed by atoms with van der Waals surface area (Å²) in [5, 5.41) is 3.13. The fourth-order valence-corrected chi connectivity index (χ4v) is 2.97. The topological polar surface area (TPSA) is 58.6 Å². The van der Waals surface area contributed by atoms with Crippen molar-refractivity contribution in [2.75, 3.05) is 33.0 Å². The zero-order valence-corrected chi connectivity index (χ0v) is 13.2. The molecule has 0 fully saturated rings. The average Bonchev–Trinajstić information content (AvgIpc) is 2.44. The van der Waals surface area contributed by atoms with Gasteiger partial charge in [-0.25, -0.2) is 12.7 Å². The molecule has 0 atom stereocenters. The lowest BCUT2D eigenvalue weighted by Crippen LogP contribution is -2.30. The van der Waals surface area contributed by atoms with Gasteiger partial charge in [0, 0.05) is 13.6 Å². The van der Waals surface area contributed by atoms with Crippen molar-refractivity contribution in [2.45, 2.75) is 19.9 Å². The molecule has 0 saturated heterocycles. The van der Waals surface area contributed by atoms with Crippen LogP contribution in [0.25, 0.3) is 0 Å². The first-order chi connectivity index (χ1) is 9.49. The largest absolute Gasteiger partial charge is 0.497 e. The summed E-state index contributed by atoms with van der Waals surface area (Å²) in [6.45, 7) is 3.98. The van der Waals surface area contributed by atoms with E-state index in [1.165, 1.54) is 4.31 Å². The minimum atomic E-state index is -3.19. The molecule has 114 valence electrons. The van der Waals surface area contributed by atoms with E-state index < -0.39 is 10.0 Å². The second-order valence-electron chi connectivity index (χ2n) is 4.63. The van der Waals surface area contributed by atoms with Crippen LogP contribution in [-0.2, 0) is 16.6 Å². The highest BCUT2D eigenvalue weighted by Crippen LogP contribution is 2.14.